The van der Waals surface area contributed by atoms with E-state index in [4.69, 9.17) is 5.26 Å². The molecular formula is C15H20N2O2. The molecule has 0 radical (unpaired) electrons. The maximum absolute atomic E-state index is 9.86. The molecule has 0 saturated carbocycles. The lowest BCUT2D eigenvalue weighted by atomic mass is 9.94. The number of hydrogen-bond donors (Lipinski definition) is 2. The lowest BCUT2D eigenvalue weighted by Crippen LogP contribution is -2.42. The first-order valence-corrected chi connectivity index (χ1v) is 6.68. The molecule has 4 nitrogen and oxygen atoms in total. The van der Waals surface area contributed by atoms with Crippen molar-refractivity contribution in [3.63, 3.8) is 0 Å². The lowest BCUT2D eigenvalue weighted by Gasteiger charge is -2.37. The Morgan fingerprint density at radius 1 is 1.47 bits per heavy atom. The fraction of sp³-hybridized carbons (Fsp3) is 0.533. The van der Waals surface area contributed by atoms with Gasteiger partial charge in [-0.05, 0) is 31.4 Å². The zero-order chi connectivity index (χ0) is 14.0. The predicted molar refractivity (Wildman–Crippen MR) is 73.8 cm³/mol. The number of benzene rings is 1. The van der Waals surface area contributed by atoms with Crippen LogP contribution < -0.4 is 4.90 Å². The number of nitriles is 1. The summed E-state index contributed by atoms with van der Waals surface area (Å²) < 4.78 is 0. The van der Waals surface area contributed by atoms with Gasteiger partial charge < -0.3 is 15.1 Å². The normalized spacial score (nSPS) is 24.9. The summed E-state index contributed by atoms with van der Waals surface area (Å²) in [7, 11) is 0. The molecule has 1 aromatic carbocycles. The van der Waals surface area contributed by atoms with Crippen LogP contribution in [0.2, 0.25) is 0 Å². The standard InChI is InChI=1S/C15H20N2O2/c1-10-9-17(6-5-15(10)19)14-7-12(8-16)3-4-13(14)11(2)18/h3-4,7,10-11,15,18-19H,5-6,9H2,1-2H3/t10?,11-,15?/m0/s1. The highest BCUT2D eigenvalue weighted by atomic mass is 16.3. The molecule has 1 saturated heterocycles. The van der Waals surface area contributed by atoms with Crippen molar-refractivity contribution in [3.05, 3.63) is 29.3 Å². The predicted octanol–water partition coefficient (Wildman–Crippen LogP) is 1.82. The van der Waals surface area contributed by atoms with Crippen LogP contribution in [-0.2, 0) is 0 Å². The molecule has 1 aromatic rings. The van der Waals surface area contributed by atoms with Crippen LogP contribution in [0.25, 0.3) is 0 Å². The molecule has 1 aliphatic rings. The average molecular weight is 260 g/mol. The number of aliphatic hydroxyl groups excluding tert-OH is 2. The summed E-state index contributed by atoms with van der Waals surface area (Å²) in [5, 5.41) is 28.7. The number of aliphatic hydroxyl groups is 2. The molecule has 4 heteroatoms. The third-order valence-electron chi connectivity index (χ3n) is 3.81. The van der Waals surface area contributed by atoms with Crippen LogP contribution in [-0.4, -0.2) is 29.4 Å². The Morgan fingerprint density at radius 3 is 2.79 bits per heavy atom. The van der Waals surface area contributed by atoms with Crippen LogP contribution in [0.15, 0.2) is 18.2 Å². The van der Waals surface area contributed by atoms with Gasteiger partial charge >= 0.3 is 0 Å². The maximum Gasteiger partial charge on any atom is 0.0992 e. The zero-order valence-corrected chi connectivity index (χ0v) is 11.4. The molecule has 0 bridgehead atoms. The van der Waals surface area contributed by atoms with E-state index in [1.165, 1.54) is 0 Å². The molecule has 0 amide bonds. The van der Waals surface area contributed by atoms with Gasteiger partial charge in [0, 0.05) is 24.3 Å². The van der Waals surface area contributed by atoms with E-state index in [0.717, 1.165) is 30.8 Å². The van der Waals surface area contributed by atoms with E-state index in [1.807, 2.05) is 19.1 Å². The first kappa shape index (κ1) is 13.9. The average Bonchev–Trinajstić information content (AvgIpc) is 2.41. The summed E-state index contributed by atoms with van der Waals surface area (Å²) in [6.07, 6.45) is -0.104. The van der Waals surface area contributed by atoms with Crippen LogP contribution in [0.3, 0.4) is 0 Å². The van der Waals surface area contributed by atoms with Gasteiger partial charge in [-0.1, -0.05) is 13.0 Å². The summed E-state index contributed by atoms with van der Waals surface area (Å²) in [5.41, 5.74) is 2.34. The van der Waals surface area contributed by atoms with E-state index < -0.39 is 6.10 Å². The summed E-state index contributed by atoms with van der Waals surface area (Å²) in [6.45, 7) is 5.25. The van der Waals surface area contributed by atoms with Crippen molar-refractivity contribution in [2.45, 2.75) is 32.5 Å². The molecule has 19 heavy (non-hydrogen) atoms. The third-order valence-corrected chi connectivity index (χ3v) is 3.81. The molecule has 2 rings (SSSR count). The highest BCUT2D eigenvalue weighted by Gasteiger charge is 2.26. The molecule has 1 aliphatic heterocycles. The minimum absolute atomic E-state index is 0.196. The minimum Gasteiger partial charge on any atom is -0.393 e. The quantitative estimate of drug-likeness (QED) is 0.851. The summed E-state index contributed by atoms with van der Waals surface area (Å²) in [6, 6.07) is 7.50. The number of rotatable bonds is 2. The minimum atomic E-state index is -0.565. The van der Waals surface area contributed by atoms with Gasteiger partial charge in [0.1, 0.15) is 0 Å². The molecule has 0 spiro atoms. The third kappa shape index (κ3) is 2.89. The largest absolute Gasteiger partial charge is 0.393 e. The topological polar surface area (TPSA) is 67.5 Å². The van der Waals surface area contributed by atoms with Gasteiger partial charge in [-0.3, -0.25) is 0 Å². The Morgan fingerprint density at radius 2 is 2.21 bits per heavy atom. The van der Waals surface area contributed by atoms with E-state index in [2.05, 4.69) is 11.0 Å². The van der Waals surface area contributed by atoms with Gasteiger partial charge in [-0.25, -0.2) is 0 Å². The molecule has 2 N–H and O–H groups in total. The van der Waals surface area contributed by atoms with Gasteiger partial charge in [0.25, 0.3) is 0 Å². The van der Waals surface area contributed by atoms with E-state index in [0.29, 0.717) is 5.56 Å². The van der Waals surface area contributed by atoms with E-state index in [1.54, 1.807) is 13.0 Å². The van der Waals surface area contributed by atoms with Gasteiger partial charge in [0.05, 0.1) is 23.8 Å². The number of anilines is 1. The van der Waals surface area contributed by atoms with Crippen LogP contribution >= 0.6 is 0 Å². The van der Waals surface area contributed by atoms with Gasteiger partial charge in [-0.15, -0.1) is 0 Å². The second kappa shape index (κ2) is 5.60. The lowest BCUT2D eigenvalue weighted by molar-refractivity contribution is 0.0968. The highest BCUT2D eigenvalue weighted by molar-refractivity contribution is 5.58. The van der Waals surface area contributed by atoms with E-state index >= 15 is 0 Å². The molecule has 0 aromatic heterocycles. The first-order chi connectivity index (χ1) is 9.02. The monoisotopic (exact) mass is 260 g/mol. The molecule has 1 heterocycles. The summed E-state index contributed by atoms with van der Waals surface area (Å²) in [5.74, 6) is 0.196. The van der Waals surface area contributed by atoms with Crippen molar-refractivity contribution in [1.29, 1.82) is 5.26 Å². The van der Waals surface area contributed by atoms with Gasteiger partial charge in [-0.2, -0.15) is 5.26 Å². The number of hydrogen-bond acceptors (Lipinski definition) is 4. The van der Waals surface area contributed by atoms with E-state index in [9.17, 15) is 10.2 Å². The molecular weight excluding hydrogens is 240 g/mol. The number of piperidine rings is 1. The second-order valence-electron chi connectivity index (χ2n) is 5.34. The fourth-order valence-corrected chi connectivity index (χ4v) is 2.59. The Balaban J connectivity index is 2.34. The Labute approximate surface area is 113 Å². The molecule has 0 aliphatic carbocycles. The molecule has 2 unspecified atom stereocenters. The summed E-state index contributed by atoms with van der Waals surface area (Å²) >= 11 is 0. The molecule has 3 atom stereocenters. The van der Waals surface area contributed by atoms with Crippen molar-refractivity contribution < 1.29 is 10.2 Å². The first-order valence-electron chi connectivity index (χ1n) is 6.68. The van der Waals surface area contributed by atoms with Gasteiger partial charge in [0.2, 0.25) is 0 Å². The van der Waals surface area contributed by atoms with Crippen LogP contribution in [0.5, 0.6) is 0 Å². The molecule has 102 valence electrons. The van der Waals surface area contributed by atoms with Crippen LogP contribution in [0.1, 0.15) is 37.5 Å². The Bertz CT molecular complexity index is 493. The van der Waals surface area contributed by atoms with Gasteiger partial charge in [0.15, 0.2) is 0 Å². The Hall–Kier alpha value is -1.57. The highest BCUT2D eigenvalue weighted by Crippen LogP contribution is 2.31. The van der Waals surface area contributed by atoms with Crippen molar-refractivity contribution in [2.75, 3.05) is 18.0 Å². The van der Waals surface area contributed by atoms with Crippen molar-refractivity contribution in [3.8, 4) is 6.07 Å². The van der Waals surface area contributed by atoms with Crippen LogP contribution in [0.4, 0.5) is 5.69 Å². The van der Waals surface area contributed by atoms with Crippen molar-refractivity contribution in [1.82, 2.24) is 0 Å². The van der Waals surface area contributed by atoms with Crippen molar-refractivity contribution >= 4 is 5.69 Å². The number of nitrogens with zero attached hydrogens (tertiary/aromatic N) is 2. The fourth-order valence-electron chi connectivity index (χ4n) is 2.59. The van der Waals surface area contributed by atoms with Crippen molar-refractivity contribution in [2.24, 2.45) is 5.92 Å². The summed E-state index contributed by atoms with van der Waals surface area (Å²) in [4.78, 5) is 2.15. The van der Waals surface area contributed by atoms with E-state index in [-0.39, 0.29) is 12.0 Å². The zero-order valence-electron chi connectivity index (χ0n) is 11.4. The SMILES string of the molecule is CC1CN(c2cc(C#N)ccc2[C@H](C)O)CCC1O. The molecule has 1 fully saturated rings. The van der Waals surface area contributed by atoms with Crippen LogP contribution in [0, 0.1) is 17.2 Å². The smallest absolute Gasteiger partial charge is 0.0992 e. The second-order valence-corrected chi connectivity index (χ2v) is 5.34. The maximum atomic E-state index is 9.86. The Kier molecular flexibility index (Phi) is 4.08.